The Morgan fingerprint density at radius 1 is 1.54 bits per heavy atom. The largest absolute Gasteiger partial charge is 0.316 e. The third-order valence-corrected chi connectivity index (χ3v) is 3.96. The average Bonchev–Trinajstić information content (AvgIpc) is 2.50. The van der Waals surface area contributed by atoms with Gasteiger partial charge in [0.25, 0.3) is 0 Å². The van der Waals surface area contributed by atoms with Gasteiger partial charge in [0.05, 0.1) is 0 Å². The summed E-state index contributed by atoms with van der Waals surface area (Å²) >= 11 is 2.00. The summed E-state index contributed by atoms with van der Waals surface area (Å²) in [5.74, 6) is 1.98. The van der Waals surface area contributed by atoms with E-state index in [0.29, 0.717) is 0 Å². The van der Waals surface area contributed by atoms with Gasteiger partial charge in [-0.25, -0.2) is 0 Å². The zero-order valence-electron chi connectivity index (χ0n) is 8.13. The predicted octanol–water partition coefficient (Wildman–Crippen LogP) is 2.62. The van der Waals surface area contributed by atoms with Gasteiger partial charge in [-0.1, -0.05) is 25.1 Å². The van der Waals surface area contributed by atoms with Crippen LogP contribution in [0.15, 0.2) is 23.1 Å². The highest BCUT2D eigenvalue weighted by Crippen LogP contribution is 2.41. The van der Waals surface area contributed by atoms with Crippen LogP contribution in [0.4, 0.5) is 0 Å². The van der Waals surface area contributed by atoms with Crippen molar-refractivity contribution in [1.82, 2.24) is 5.32 Å². The summed E-state index contributed by atoms with van der Waals surface area (Å²) in [5, 5.41) is 3.22. The molecule has 0 saturated heterocycles. The van der Waals surface area contributed by atoms with E-state index in [9.17, 15) is 0 Å². The predicted molar refractivity (Wildman–Crippen MR) is 58.3 cm³/mol. The van der Waals surface area contributed by atoms with Gasteiger partial charge in [0, 0.05) is 17.2 Å². The van der Waals surface area contributed by atoms with Crippen molar-refractivity contribution in [2.24, 2.45) is 0 Å². The maximum Gasteiger partial charge on any atom is 0.0213 e. The van der Waals surface area contributed by atoms with Crippen LogP contribution in [0.2, 0.25) is 0 Å². The Bertz CT molecular complexity index is 309. The molecule has 0 aliphatic carbocycles. The number of hydrogen-bond acceptors (Lipinski definition) is 2. The van der Waals surface area contributed by atoms with Crippen LogP contribution in [0.25, 0.3) is 0 Å². The molecule has 1 nitrogen and oxygen atoms in total. The molecule has 0 bridgehead atoms. The highest BCUT2D eigenvalue weighted by atomic mass is 32.2. The van der Waals surface area contributed by atoms with Gasteiger partial charge in [-0.05, 0) is 24.1 Å². The van der Waals surface area contributed by atoms with Crippen molar-refractivity contribution in [2.45, 2.75) is 24.3 Å². The fraction of sp³-hybridized carbons (Fsp3) is 0.455. The molecule has 1 unspecified atom stereocenters. The maximum absolute atomic E-state index is 3.22. The number of nitrogens with one attached hydrogen (secondary N) is 1. The number of benzene rings is 1. The summed E-state index contributed by atoms with van der Waals surface area (Å²) in [5.41, 5.74) is 2.99. The highest BCUT2D eigenvalue weighted by molar-refractivity contribution is 7.99. The molecule has 1 aromatic rings. The summed E-state index contributed by atoms with van der Waals surface area (Å²) < 4.78 is 0. The SMILES string of the molecule is CNCc1cccc2c1SCC2C. The number of thioether (sulfide) groups is 1. The first kappa shape index (κ1) is 9.10. The van der Waals surface area contributed by atoms with Crippen LogP contribution in [0, 0.1) is 0 Å². The first-order chi connectivity index (χ1) is 6.33. The van der Waals surface area contributed by atoms with E-state index in [-0.39, 0.29) is 0 Å². The zero-order valence-corrected chi connectivity index (χ0v) is 8.95. The second kappa shape index (κ2) is 3.72. The van der Waals surface area contributed by atoms with Crippen molar-refractivity contribution in [3.8, 4) is 0 Å². The van der Waals surface area contributed by atoms with Gasteiger partial charge in [-0.3, -0.25) is 0 Å². The van der Waals surface area contributed by atoms with E-state index in [0.717, 1.165) is 12.5 Å². The lowest BCUT2D eigenvalue weighted by molar-refractivity contribution is 0.792. The lowest BCUT2D eigenvalue weighted by Gasteiger charge is -2.07. The molecule has 0 amide bonds. The van der Waals surface area contributed by atoms with E-state index in [2.05, 4.69) is 30.4 Å². The molecular weight excluding hydrogens is 178 g/mol. The molecule has 0 saturated carbocycles. The Labute approximate surface area is 83.9 Å². The van der Waals surface area contributed by atoms with E-state index in [4.69, 9.17) is 0 Å². The quantitative estimate of drug-likeness (QED) is 0.775. The van der Waals surface area contributed by atoms with Gasteiger partial charge >= 0.3 is 0 Å². The van der Waals surface area contributed by atoms with Gasteiger partial charge < -0.3 is 5.32 Å². The maximum atomic E-state index is 3.22. The summed E-state index contributed by atoms with van der Waals surface area (Å²) in [6.07, 6.45) is 0. The van der Waals surface area contributed by atoms with Gasteiger partial charge in [0.15, 0.2) is 0 Å². The lowest BCUT2D eigenvalue weighted by atomic mass is 10.0. The molecular formula is C11H15NS. The summed E-state index contributed by atoms with van der Waals surface area (Å²) in [6, 6.07) is 6.66. The minimum absolute atomic E-state index is 0.733. The molecule has 2 heteroatoms. The van der Waals surface area contributed by atoms with Gasteiger partial charge in [-0.2, -0.15) is 0 Å². The molecule has 2 rings (SSSR count). The van der Waals surface area contributed by atoms with Crippen LogP contribution < -0.4 is 5.32 Å². The van der Waals surface area contributed by atoms with E-state index >= 15 is 0 Å². The van der Waals surface area contributed by atoms with E-state index in [1.54, 1.807) is 0 Å². The minimum atomic E-state index is 0.733. The van der Waals surface area contributed by atoms with Gasteiger partial charge in [0.1, 0.15) is 0 Å². The van der Waals surface area contributed by atoms with Crippen LogP contribution in [-0.2, 0) is 6.54 Å². The lowest BCUT2D eigenvalue weighted by Crippen LogP contribution is -2.06. The number of hydrogen-bond donors (Lipinski definition) is 1. The Morgan fingerprint density at radius 3 is 3.15 bits per heavy atom. The van der Waals surface area contributed by atoms with E-state index in [1.807, 2.05) is 18.8 Å². The van der Waals surface area contributed by atoms with Crippen LogP contribution in [0.1, 0.15) is 24.0 Å². The summed E-state index contributed by atoms with van der Waals surface area (Å²) in [4.78, 5) is 1.52. The van der Waals surface area contributed by atoms with Gasteiger partial charge in [0.2, 0.25) is 0 Å². The fourth-order valence-corrected chi connectivity index (χ4v) is 3.15. The molecule has 1 aromatic carbocycles. The highest BCUT2D eigenvalue weighted by Gasteiger charge is 2.20. The van der Waals surface area contributed by atoms with Crippen LogP contribution in [0.5, 0.6) is 0 Å². The average molecular weight is 193 g/mol. The van der Waals surface area contributed by atoms with Crippen molar-refractivity contribution in [2.75, 3.05) is 12.8 Å². The molecule has 1 aliphatic rings. The topological polar surface area (TPSA) is 12.0 Å². The summed E-state index contributed by atoms with van der Waals surface area (Å²) in [6.45, 7) is 3.30. The van der Waals surface area contributed by atoms with Gasteiger partial charge in [-0.15, -0.1) is 11.8 Å². The molecule has 1 heterocycles. The molecule has 1 N–H and O–H groups in total. The third kappa shape index (κ3) is 1.61. The number of rotatable bonds is 2. The van der Waals surface area contributed by atoms with Crippen molar-refractivity contribution in [3.63, 3.8) is 0 Å². The monoisotopic (exact) mass is 193 g/mol. The third-order valence-electron chi connectivity index (χ3n) is 2.50. The Hall–Kier alpha value is -0.470. The molecule has 0 fully saturated rings. The summed E-state index contributed by atoms with van der Waals surface area (Å²) in [7, 11) is 2.00. The van der Waals surface area contributed by atoms with Crippen LogP contribution >= 0.6 is 11.8 Å². The molecule has 0 aromatic heterocycles. The van der Waals surface area contributed by atoms with E-state index in [1.165, 1.54) is 21.8 Å². The molecule has 1 aliphatic heterocycles. The van der Waals surface area contributed by atoms with Crippen molar-refractivity contribution < 1.29 is 0 Å². The molecule has 70 valence electrons. The molecule has 13 heavy (non-hydrogen) atoms. The van der Waals surface area contributed by atoms with Crippen molar-refractivity contribution in [3.05, 3.63) is 29.3 Å². The minimum Gasteiger partial charge on any atom is -0.316 e. The van der Waals surface area contributed by atoms with E-state index < -0.39 is 0 Å². The van der Waals surface area contributed by atoms with Crippen molar-refractivity contribution >= 4 is 11.8 Å². The Balaban J connectivity index is 2.38. The first-order valence-electron chi connectivity index (χ1n) is 4.72. The smallest absolute Gasteiger partial charge is 0.0213 e. The van der Waals surface area contributed by atoms with Crippen LogP contribution in [0.3, 0.4) is 0 Å². The fourth-order valence-electron chi connectivity index (χ4n) is 1.80. The molecule has 1 atom stereocenters. The normalized spacial score (nSPS) is 20.3. The molecule has 0 spiro atoms. The Kier molecular flexibility index (Phi) is 2.61. The second-order valence-corrected chi connectivity index (χ2v) is 4.61. The van der Waals surface area contributed by atoms with Crippen LogP contribution in [-0.4, -0.2) is 12.8 Å². The second-order valence-electron chi connectivity index (χ2n) is 3.58. The molecule has 0 radical (unpaired) electrons. The van der Waals surface area contributed by atoms with Crippen molar-refractivity contribution in [1.29, 1.82) is 0 Å². The first-order valence-corrected chi connectivity index (χ1v) is 5.70. The number of fused-ring (bicyclic) bond motifs is 1. The standard InChI is InChI=1S/C11H15NS/c1-8-7-13-11-9(6-12-2)4-3-5-10(8)11/h3-5,8,12H,6-7H2,1-2H3. The zero-order chi connectivity index (χ0) is 9.26. The Morgan fingerprint density at radius 2 is 2.38 bits per heavy atom.